The molecule has 19 heavy (non-hydrogen) atoms. The van der Waals surface area contributed by atoms with E-state index in [1.807, 2.05) is 6.07 Å². The summed E-state index contributed by atoms with van der Waals surface area (Å²) in [7, 11) is -3.43. The maximum absolute atomic E-state index is 11.5. The van der Waals surface area contributed by atoms with Crippen LogP contribution in [0.25, 0.3) is 16.8 Å². The average Bonchev–Trinajstić information content (AvgIpc) is 2.82. The van der Waals surface area contributed by atoms with Gasteiger partial charge >= 0.3 is 0 Å². The van der Waals surface area contributed by atoms with Crippen molar-refractivity contribution in [3.8, 4) is 11.3 Å². The number of sulfone groups is 1. The molecule has 0 N–H and O–H groups in total. The van der Waals surface area contributed by atoms with E-state index in [0.29, 0.717) is 11.3 Å². The molecule has 0 atom stereocenters. The third-order valence-electron chi connectivity index (χ3n) is 2.54. The molecule has 0 saturated carbocycles. The van der Waals surface area contributed by atoms with Crippen molar-refractivity contribution in [2.45, 2.75) is 5.16 Å². The third kappa shape index (κ3) is 2.06. The number of hydrogen-bond acceptors (Lipinski definition) is 6. The minimum Gasteiger partial charge on any atom is -0.227 e. The average molecular weight is 275 g/mol. The van der Waals surface area contributed by atoms with Gasteiger partial charge in [-0.05, 0) is 18.2 Å². The fraction of sp³-hybridized carbons (Fsp3) is 0.0909. The Kier molecular flexibility index (Phi) is 2.53. The molecule has 0 amide bonds. The Morgan fingerprint density at radius 1 is 1.16 bits per heavy atom. The summed E-state index contributed by atoms with van der Waals surface area (Å²) in [5, 5.41) is 7.92. The normalized spacial score (nSPS) is 11.8. The Hall–Kier alpha value is -2.35. The molecule has 0 aromatic carbocycles. The van der Waals surface area contributed by atoms with E-state index in [2.05, 4.69) is 20.2 Å². The highest BCUT2D eigenvalue weighted by Gasteiger charge is 2.14. The van der Waals surface area contributed by atoms with Crippen molar-refractivity contribution in [1.29, 1.82) is 0 Å². The van der Waals surface area contributed by atoms with Gasteiger partial charge in [-0.25, -0.2) is 18.4 Å². The first-order chi connectivity index (χ1) is 9.05. The molecule has 3 heterocycles. The van der Waals surface area contributed by atoms with Gasteiger partial charge in [-0.3, -0.25) is 0 Å². The van der Waals surface area contributed by atoms with Crippen molar-refractivity contribution in [2.24, 2.45) is 0 Å². The highest BCUT2D eigenvalue weighted by molar-refractivity contribution is 7.90. The van der Waals surface area contributed by atoms with Crippen LogP contribution in [-0.2, 0) is 9.84 Å². The van der Waals surface area contributed by atoms with Crippen LogP contribution in [0.5, 0.6) is 0 Å². The lowest BCUT2D eigenvalue weighted by Crippen LogP contribution is -2.04. The first-order valence-corrected chi connectivity index (χ1v) is 7.27. The maximum atomic E-state index is 11.5. The van der Waals surface area contributed by atoms with Crippen LogP contribution in [0.1, 0.15) is 0 Å². The standard InChI is InChI=1S/C11H9N5O2S/c1-19(17,18)11-12-6-4-9(15-11)8-7-14-16-10(8)3-2-5-13-16/h2-7H,1H3. The second-order valence-electron chi connectivity index (χ2n) is 3.95. The minimum atomic E-state index is -3.43. The lowest BCUT2D eigenvalue weighted by molar-refractivity contribution is 0.593. The fourth-order valence-corrected chi connectivity index (χ4v) is 2.22. The van der Waals surface area contributed by atoms with Crippen molar-refractivity contribution in [1.82, 2.24) is 24.8 Å². The third-order valence-corrected chi connectivity index (χ3v) is 3.40. The van der Waals surface area contributed by atoms with Crippen LogP contribution in [0.3, 0.4) is 0 Å². The SMILES string of the molecule is CS(=O)(=O)c1nccc(-c2cnn3ncccc23)n1. The smallest absolute Gasteiger partial charge is 0.227 e. The second-order valence-corrected chi connectivity index (χ2v) is 5.86. The highest BCUT2D eigenvalue weighted by Crippen LogP contribution is 2.22. The molecule has 0 saturated heterocycles. The summed E-state index contributed by atoms with van der Waals surface area (Å²) in [6.07, 6.45) is 5.70. The Labute approximate surface area is 108 Å². The van der Waals surface area contributed by atoms with E-state index in [0.717, 1.165) is 11.8 Å². The molecule has 3 aromatic heterocycles. The summed E-state index contributed by atoms with van der Waals surface area (Å²) >= 11 is 0. The van der Waals surface area contributed by atoms with Crippen LogP contribution in [0.15, 0.2) is 41.9 Å². The molecular formula is C11H9N5O2S. The van der Waals surface area contributed by atoms with Crippen molar-refractivity contribution >= 4 is 15.4 Å². The van der Waals surface area contributed by atoms with E-state index in [9.17, 15) is 8.42 Å². The predicted molar refractivity (Wildman–Crippen MR) is 67.1 cm³/mol. The van der Waals surface area contributed by atoms with Gasteiger partial charge in [0.25, 0.3) is 0 Å². The first-order valence-electron chi connectivity index (χ1n) is 5.38. The fourth-order valence-electron chi connectivity index (χ4n) is 1.70. The van der Waals surface area contributed by atoms with Crippen LogP contribution < -0.4 is 0 Å². The van der Waals surface area contributed by atoms with Gasteiger partial charge in [0.15, 0.2) is 0 Å². The molecule has 3 rings (SSSR count). The zero-order chi connectivity index (χ0) is 13.5. The zero-order valence-electron chi connectivity index (χ0n) is 9.92. The molecule has 96 valence electrons. The van der Waals surface area contributed by atoms with E-state index in [1.165, 1.54) is 10.8 Å². The predicted octanol–water partition coefficient (Wildman–Crippen LogP) is 0.590. The minimum absolute atomic E-state index is 0.201. The quantitative estimate of drug-likeness (QED) is 0.636. The Bertz CT molecular complexity index is 856. The molecule has 0 aliphatic rings. The number of fused-ring (bicyclic) bond motifs is 1. The van der Waals surface area contributed by atoms with Crippen LogP contribution in [0.2, 0.25) is 0 Å². The number of rotatable bonds is 2. The molecular weight excluding hydrogens is 266 g/mol. The topological polar surface area (TPSA) is 90.1 Å². The van der Waals surface area contributed by atoms with Crippen molar-refractivity contribution in [3.05, 3.63) is 36.8 Å². The number of aromatic nitrogens is 5. The van der Waals surface area contributed by atoms with Crippen LogP contribution in [0, 0.1) is 0 Å². The van der Waals surface area contributed by atoms with E-state index in [4.69, 9.17) is 0 Å². The summed E-state index contributed by atoms with van der Waals surface area (Å²) in [6.45, 7) is 0. The van der Waals surface area contributed by atoms with E-state index >= 15 is 0 Å². The molecule has 3 aromatic rings. The van der Waals surface area contributed by atoms with Crippen molar-refractivity contribution in [2.75, 3.05) is 6.26 Å². The van der Waals surface area contributed by atoms with Crippen molar-refractivity contribution in [3.63, 3.8) is 0 Å². The number of nitrogens with zero attached hydrogens (tertiary/aromatic N) is 5. The molecule has 0 radical (unpaired) electrons. The Morgan fingerprint density at radius 3 is 2.79 bits per heavy atom. The van der Waals surface area contributed by atoms with Gasteiger partial charge in [-0.2, -0.15) is 14.8 Å². The van der Waals surface area contributed by atoms with E-state index in [-0.39, 0.29) is 5.16 Å². The molecule has 0 fully saturated rings. The van der Waals surface area contributed by atoms with Gasteiger partial charge in [-0.15, -0.1) is 0 Å². The second kappa shape index (κ2) is 4.09. The lowest BCUT2D eigenvalue weighted by atomic mass is 10.2. The van der Waals surface area contributed by atoms with Gasteiger partial charge in [0, 0.05) is 24.2 Å². The van der Waals surface area contributed by atoms with Crippen molar-refractivity contribution < 1.29 is 8.42 Å². The highest BCUT2D eigenvalue weighted by atomic mass is 32.2. The summed E-state index contributed by atoms with van der Waals surface area (Å²) in [6, 6.07) is 5.25. The lowest BCUT2D eigenvalue weighted by Gasteiger charge is -2.00. The van der Waals surface area contributed by atoms with Gasteiger partial charge in [0.05, 0.1) is 17.4 Å². The summed E-state index contributed by atoms with van der Waals surface area (Å²) in [5.74, 6) is 0. The van der Waals surface area contributed by atoms with Gasteiger partial charge < -0.3 is 0 Å². The summed E-state index contributed by atoms with van der Waals surface area (Å²) < 4.78 is 24.4. The summed E-state index contributed by atoms with van der Waals surface area (Å²) in [5.41, 5.74) is 1.96. The molecule has 0 aliphatic heterocycles. The number of hydrogen-bond donors (Lipinski definition) is 0. The molecule has 8 heteroatoms. The monoisotopic (exact) mass is 275 g/mol. The Morgan fingerprint density at radius 2 is 2.00 bits per heavy atom. The molecule has 0 bridgehead atoms. The largest absolute Gasteiger partial charge is 0.247 e. The van der Waals surface area contributed by atoms with Gasteiger partial charge in [-0.1, -0.05) is 0 Å². The van der Waals surface area contributed by atoms with Crippen LogP contribution in [0.4, 0.5) is 0 Å². The summed E-state index contributed by atoms with van der Waals surface area (Å²) in [4.78, 5) is 7.82. The molecule has 0 aliphatic carbocycles. The molecule has 0 spiro atoms. The van der Waals surface area contributed by atoms with Crippen LogP contribution >= 0.6 is 0 Å². The van der Waals surface area contributed by atoms with Gasteiger partial charge in [0.2, 0.25) is 15.0 Å². The van der Waals surface area contributed by atoms with Gasteiger partial charge in [0.1, 0.15) is 0 Å². The van der Waals surface area contributed by atoms with Crippen LogP contribution in [-0.4, -0.2) is 39.5 Å². The molecule has 0 unspecified atom stereocenters. The first kappa shape index (κ1) is 11.7. The molecule has 7 nitrogen and oxygen atoms in total. The Balaban J connectivity index is 2.22. The van der Waals surface area contributed by atoms with E-state index < -0.39 is 9.84 Å². The maximum Gasteiger partial charge on any atom is 0.247 e. The zero-order valence-corrected chi connectivity index (χ0v) is 10.7. The van der Waals surface area contributed by atoms with E-state index in [1.54, 1.807) is 24.5 Å².